The molecule has 1 unspecified atom stereocenters. The van der Waals surface area contributed by atoms with E-state index in [9.17, 15) is 14.0 Å². The number of hydrogen-bond donors (Lipinski definition) is 1. The first-order chi connectivity index (χ1) is 12.0. The molecule has 0 saturated carbocycles. The third-order valence-electron chi connectivity index (χ3n) is 3.80. The maximum absolute atomic E-state index is 13.2. The van der Waals surface area contributed by atoms with Gasteiger partial charge in [-0.2, -0.15) is 0 Å². The standard InChI is InChI=1S/C18H18FN3O2S/c1-21(2)18(24)20-14-5-3-4-12(10-14)17-22(16(23)11-25-17)15-8-6-13(19)7-9-15/h3-10,17H,11H2,1-2H3,(H,20,24). The Hall–Kier alpha value is -2.54. The fraction of sp³-hybridized carbons (Fsp3) is 0.222. The van der Waals surface area contributed by atoms with E-state index in [1.54, 1.807) is 37.2 Å². The molecule has 0 aromatic heterocycles. The number of hydrogen-bond acceptors (Lipinski definition) is 3. The molecule has 3 amide bonds. The SMILES string of the molecule is CN(C)C(=O)Nc1cccc(C2SCC(=O)N2c2ccc(F)cc2)c1. The van der Waals surface area contributed by atoms with Gasteiger partial charge in [0.05, 0.1) is 5.75 Å². The highest BCUT2D eigenvalue weighted by Crippen LogP contribution is 2.42. The molecule has 1 N–H and O–H groups in total. The monoisotopic (exact) mass is 359 g/mol. The van der Waals surface area contributed by atoms with Crippen LogP contribution < -0.4 is 10.2 Å². The number of amides is 3. The summed E-state index contributed by atoms with van der Waals surface area (Å²) >= 11 is 1.50. The Morgan fingerprint density at radius 2 is 1.96 bits per heavy atom. The largest absolute Gasteiger partial charge is 0.331 e. The molecule has 1 heterocycles. The number of nitrogens with zero attached hydrogens (tertiary/aromatic N) is 2. The second kappa shape index (κ2) is 7.14. The summed E-state index contributed by atoms with van der Waals surface area (Å²) in [5, 5.41) is 2.59. The fourth-order valence-electron chi connectivity index (χ4n) is 2.56. The van der Waals surface area contributed by atoms with Gasteiger partial charge in [-0.05, 0) is 42.0 Å². The Kier molecular flexibility index (Phi) is 4.94. The van der Waals surface area contributed by atoms with Gasteiger partial charge in [0.25, 0.3) is 0 Å². The zero-order valence-electron chi connectivity index (χ0n) is 13.9. The number of benzene rings is 2. The molecule has 2 aromatic carbocycles. The third kappa shape index (κ3) is 3.76. The minimum absolute atomic E-state index is 0.0238. The van der Waals surface area contributed by atoms with Gasteiger partial charge >= 0.3 is 6.03 Å². The van der Waals surface area contributed by atoms with E-state index in [4.69, 9.17) is 0 Å². The Labute approximate surface area is 149 Å². The van der Waals surface area contributed by atoms with Crippen molar-refractivity contribution in [3.8, 4) is 0 Å². The molecule has 1 atom stereocenters. The van der Waals surface area contributed by atoms with E-state index in [0.29, 0.717) is 17.1 Å². The van der Waals surface area contributed by atoms with Crippen molar-refractivity contribution < 1.29 is 14.0 Å². The second-order valence-electron chi connectivity index (χ2n) is 5.85. The maximum Gasteiger partial charge on any atom is 0.321 e. The van der Waals surface area contributed by atoms with Crippen LogP contribution >= 0.6 is 11.8 Å². The fourth-order valence-corrected chi connectivity index (χ4v) is 3.72. The van der Waals surface area contributed by atoms with Crippen LogP contribution in [0.3, 0.4) is 0 Å². The molecule has 7 heteroatoms. The predicted octanol–water partition coefficient (Wildman–Crippen LogP) is 3.70. The molecule has 0 bridgehead atoms. The molecule has 25 heavy (non-hydrogen) atoms. The van der Waals surface area contributed by atoms with Crippen molar-refractivity contribution in [1.82, 2.24) is 4.90 Å². The zero-order chi connectivity index (χ0) is 18.0. The average Bonchev–Trinajstić information content (AvgIpc) is 2.97. The first-order valence-corrected chi connectivity index (χ1v) is 8.78. The van der Waals surface area contributed by atoms with E-state index in [1.807, 2.05) is 18.2 Å². The van der Waals surface area contributed by atoms with E-state index < -0.39 is 0 Å². The van der Waals surface area contributed by atoms with Gasteiger partial charge in [0.1, 0.15) is 11.2 Å². The average molecular weight is 359 g/mol. The molecule has 1 fully saturated rings. The third-order valence-corrected chi connectivity index (χ3v) is 5.01. The molecular weight excluding hydrogens is 341 g/mol. The van der Waals surface area contributed by atoms with Crippen LogP contribution in [0.25, 0.3) is 0 Å². The topological polar surface area (TPSA) is 52.7 Å². The lowest BCUT2D eigenvalue weighted by Crippen LogP contribution is -2.28. The minimum atomic E-state index is -0.340. The van der Waals surface area contributed by atoms with Gasteiger partial charge in [0.15, 0.2) is 0 Å². The first kappa shape index (κ1) is 17.3. The number of urea groups is 1. The van der Waals surface area contributed by atoms with Crippen LogP contribution in [0, 0.1) is 5.82 Å². The van der Waals surface area contributed by atoms with Gasteiger partial charge in [-0.3, -0.25) is 9.69 Å². The van der Waals surface area contributed by atoms with E-state index in [2.05, 4.69) is 5.32 Å². The van der Waals surface area contributed by atoms with Crippen molar-refractivity contribution in [2.45, 2.75) is 5.37 Å². The van der Waals surface area contributed by atoms with Crippen LogP contribution in [0.5, 0.6) is 0 Å². The van der Waals surface area contributed by atoms with Crippen LogP contribution in [0.4, 0.5) is 20.6 Å². The van der Waals surface area contributed by atoms with Crippen molar-refractivity contribution in [3.05, 3.63) is 59.9 Å². The smallest absolute Gasteiger partial charge is 0.321 e. The van der Waals surface area contributed by atoms with Crippen molar-refractivity contribution in [2.75, 3.05) is 30.1 Å². The summed E-state index contributed by atoms with van der Waals surface area (Å²) in [5.74, 6) is -0.00611. The molecule has 130 valence electrons. The summed E-state index contributed by atoms with van der Waals surface area (Å²) in [7, 11) is 3.34. The second-order valence-corrected chi connectivity index (χ2v) is 6.92. The highest BCUT2D eigenvalue weighted by Gasteiger charge is 2.34. The summed E-state index contributed by atoms with van der Waals surface area (Å²) in [6, 6.07) is 13.1. The van der Waals surface area contributed by atoms with Gasteiger partial charge in [-0.15, -0.1) is 11.8 Å². The van der Waals surface area contributed by atoms with Crippen molar-refractivity contribution >= 4 is 35.1 Å². The number of anilines is 2. The van der Waals surface area contributed by atoms with Gasteiger partial charge in [0.2, 0.25) is 5.91 Å². The molecule has 0 spiro atoms. The Morgan fingerprint density at radius 1 is 1.24 bits per heavy atom. The molecule has 0 aliphatic carbocycles. The summed E-state index contributed by atoms with van der Waals surface area (Å²) in [6.45, 7) is 0. The van der Waals surface area contributed by atoms with Crippen LogP contribution in [0.2, 0.25) is 0 Å². The number of nitrogens with one attached hydrogen (secondary N) is 1. The molecule has 1 aliphatic heterocycles. The zero-order valence-corrected chi connectivity index (χ0v) is 14.7. The van der Waals surface area contributed by atoms with Crippen molar-refractivity contribution in [2.24, 2.45) is 0 Å². The number of thioether (sulfide) groups is 1. The summed E-state index contributed by atoms with van der Waals surface area (Å²) in [5.41, 5.74) is 2.22. The van der Waals surface area contributed by atoms with Gasteiger partial charge < -0.3 is 10.2 Å². The van der Waals surface area contributed by atoms with Gasteiger partial charge in [-0.25, -0.2) is 9.18 Å². The Balaban J connectivity index is 1.88. The number of carbonyl (C=O) groups is 2. The summed E-state index contributed by atoms with van der Waals surface area (Å²) in [4.78, 5) is 27.3. The minimum Gasteiger partial charge on any atom is -0.331 e. The number of carbonyl (C=O) groups excluding carboxylic acids is 2. The predicted molar refractivity (Wildman–Crippen MR) is 98.2 cm³/mol. The Bertz CT molecular complexity index is 795. The highest BCUT2D eigenvalue weighted by atomic mass is 32.2. The molecular formula is C18H18FN3O2S. The molecule has 3 rings (SSSR count). The van der Waals surface area contributed by atoms with Crippen LogP contribution in [0.15, 0.2) is 48.5 Å². The van der Waals surface area contributed by atoms with E-state index in [0.717, 1.165) is 5.56 Å². The lowest BCUT2D eigenvalue weighted by molar-refractivity contribution is -0.115. The van der Waals surface area contributed by atoms with E-state index >= 15 is 0 Å². The molecule has 1 saturated heterocycles. The maximum atomic E-state index is 13.2. The number of halogens is 1. The van der Waals surface area contributed by atoms with Crippen molar-refractivity contribution in [1.29, 1.82) is 0 Å². The van der Waals surface area contributed by atoms with Crippen molar-refractivity contribution in [3.63, 3.8) is 0 Å². The quantitative estimate of drug-likeness (QED) is 0.909. The normalized spacial score (nSPS) is 16.8. The summed E-state index contributed by atoms with van der Waals surface area (Å²) < 4.78 is 13.2. The highest BCUT2D eigenvalue weighted by molar-refractivity contribution is 8.00. The Morgan fingerprint density at radius 3 is 2.64 bits per heavy atom. The van der Waals surface area contributed by atoms with E-state index in [-0.39, 0.29) is 23.1 Å². The molecule has 0 radical (unpaired) electrons. The van der Waals surface area contributed by atoms with Gasteiger partial charge in [0, 0.05) is 25.5 Å². The van der Waals surface area contributed by atoms with Crippen LogP contribution in [-0.4, -0.2) is 36.7 Å². The molecule has 1 aliphatic rings. The lowest BCUT2D eigenvalue weighted by Gasteiger charge is -2.25. The first-order valence-electron chi connectivity index (χ1n) is 7.73. The van der Waals surface area contributed by atoms with Gasteiger partial charge in [-0.1, -0.05) is 12.1 Å². The summed E-state index contributed by atoms with van der Waals surface area (Å²) in [6.07, 6.45) is 0. The molecule has 2 aromatic rings. The number of rotatable bonds is 3. The van der Waals surface area contributed by atoms with E-state index in [1.165, 1.54) is 28.8 Å². The van der Waals surface area contributed by atoms with Crippen LogP contribution in [0.1, 0.15) is 10.9 Å². The lowest BCUT2D eigenvalue weighted by atomic mass is 10.1. The molecule has 5 nitrogen and oxygen atoms in total. The van der Waals surface area contributed by atoms with Crippen LogP contribution in [-0.2, 0) is 4.79 Å².